The highest BCUT2D eigenvalue weighted by Crippen LogP contribution is 2.31. The van der Waals surface area contributed by atoms with Gasteiger partial charge < -0.3 is 34.4 Å². The van der Waals surface area contributed by atoms with Crippen LogP contribution in [0, 0.1) is 10.1 Å². The van der Waals surface area contributed by atoms with Crippen molar-refractivity contribution in [1.82, 2.24) is 10.2 Å². The van der Waals surface area contributed by atoms with Gasteiger partial charge in [-0.3, -0.25) is 10.1 Å². The van der Waals surface area contributed by atoms with Crippen LogP contribution in [0.2, 0.25) is 0 Å². The Labute approximate surface area is 258 Å². The number of nitrogens with zero attached hydrogens (tertiary/aromatic N) is 3. The summed E-state index contributed by atoms with van der Waals surface area (Å²) in [5, 5.41) is 23.9. The van der Waals surface area contributed by atoms with E-state index in [0.717, 1.165) is 5.56 Å². The fourth-order valence-electron chi connectivity index (χ4n) is 4.24. The van der Waals surface area contributed by atoms with Gasteiger partial charge >= 0.3 is 18.2 Å². The third kappa shape index (κ3) is 11.0. The van der Waals surface area contributed by atoms with Gasteiger partial charge in [-0.25, -0.2) is 14.4 Å². The fraction of sp³-hybridized carbons (Fsp3) is 0.483. The molecule has 0 bridgehead atoms. The number of amides is 2. The number of alkyl carbamates (subject to hydrolysis) is 1. The minimum absolute atomic E-state index is 0.0211. The Kier molecular flexibility index (Phi) is 12.1. The Hall–Kier alpha value is -3.91. The van der Waals surface area contributed by atoms with Crippen molar-refractivity contribution in [2.75, 3.05) is 37.7 Å². The minimum Gasteiger partial charge on any atom is -0.480 e. The summed E-state index contributed by atoms with van der Waals surface area (Å²) in [4.78, 5) is 51.0. The number of carboxylic acids is 1. The molecule has 1 aliphatic heterocycles. The molecule has 3 rings (SSSR count). The number of halogens is 1. The molecule has 0 radical (unpaired) electrons. The second kappa shape index (κ2) is 15.5. The second-order valence-electron chi connectivity index (χ2n) is 11.0. The van der Waals surface area contributed by atoms with Crippen LogP contribution < -0.4 is 10.2 Å². The number of nitro groups is 1. The molecule has 1 fully saturated rings. The Morgan fingerprint density at radius 3 is 2.49 bits per heavy atom. The number of aliphatic carboxylic acids is 1. The lowest BCUT2D eigenvalue weighted by Crippen LogP contribution is -2.56. The number of nitro benzene ring substituents is 1. The number of anilines is 1. The van der Waals surface area contributed by atoms with Gasteiger partial charge in [0.2, 0.25) is 0 Å². The summed E-state index contributed by atoms with van der Waals surface area (Å²) in [7, 11) is 0. The molecule has 1 atom stereocenters. The first kappa shape index (κ1) is 33.6. The molecule has 234 valence electrons. The predicted molar refractivity (Wildman–Crippen MR) is 161 cm³/mol. The van der Waals surface area contributed by atoms with E-state index in [4.69, 9.17) is 14.2 Å². The maximum absolute atomic E-state index is 12.3. The number of hydrogen-bond acceptors (Lipinski definition) is 9. The van der Waals surface area contributed by atoms with E-state index in [1.165, 1.54) is 6.07 Å². The number of rotatable bonds is 14. The highest BCUT2D eigenvalue weighted by Gasteiger charge is 2.34. The first-order chi connectivity index (χ1) is 20.3. The summed E-state index contributed by atoms with van der Waals surface area (Å²) in [6.45, 7) is 6.91. The Morgan fingerprint density at radius 1 is 1.16 bits per heavy atom. The van der Waals surface area contributed by atoms with Crippen molar-refractivity contribution < 1.29 is 38.6 Å². The summed E-state index contributed by atoms with van der Waals surface area (Å²) in [5.41, 5.74) is 0.327. The van der Waals surface area contributed by atoms with Crippen LogP contribution in [0.1, 0.15) is 39.2 Å². The van der Waals surface area contributed by atoms with Gasteiger partial charge in [-0.1, -0.05) is 46.3 Å². The number of nitrogens with one attached hydrogen (secondary N) is 1. The molecule has 1 aliphatic rings. The average molecular weight is 666 g/mol. The van der Waals surface area contributed by atoms with Crippen LogP contribution in [0.4, 0.5) is 21.0 Å². The van der Waals surface area contributed by atoms with Gasteiger partial charge in [-0.15, -0.1) is 0 Å². The van der Waals surface area contributed by atoms with Crippen LogP contribution in [0.3, 0.4) is 0 Å². The van der Waals surface area contributed by atoms with Crippen molar-refractivity contribution in [3.8, 4) is 0 Å². The van der Waals surface area contributed by atoms with Crippen LogP contribution in [0.15, 0.2) is 53.0 Å². The van der Waals surface area contributed by atoms with Gasteiger partial charge in [0, 0.05) is 30.2 Å². The lowest BCUT2D eigenvalue weighted by molar-refractivity contribution is -0.384. The largest absolute Gasteiger partial charge is 0.480 e. The molecule has 2 aromatic rings. The molecule has 0 aliphatic carbocycles. The molecule has 1 unspecified atom stereocenters. The van der Waals surface area contributed by atoms with Crippen LogP contribution in [-0.4, -0.2) is 83.6 Å². The van der Waals surface area contributed by atoms with Gasteiger partial charge in [-0.2, -0.15) is 0 Å². The van der Waals surface area contributed by atoms with Crippen LogP contribution in [0.5, 0.6) is 0 Å². The molecular formula is C29H37BrN4O9. The Bertz CT molecular complexity index is 1270. The predicted octanol–water partition coefficient (Wildman–Crippen LogP) is 4.96. The van der Waals surface area contributed by atoms with Crippen molar-refractivity contribution in [1.29, 1.82) is 0 Å². The Morgan fingerprint density at radius 2 is 1.86 bits per heavy atom. The number of likely N-dealkylation sites (tertiary alicyclic amines) is 1. The molecule has 0 saturated carbocycles. The van der Waals surface area contributed by atoms with Crippen molar-refractivity contribution in [2.24, 2.45) is 0 Å². The first-order valence-corrected chi connectivity index (χ1v) is 14.6. The van der Waals surface area contributed by atoms with Crippen LogP contribution in [-0.2, 0) is 25.6 Å². The zero-order valence-electron chi connectivity index (χ0n) is 24.4. The standard InChI is InChI=1S/C29H37BrN4O9/c1-29(2,3)43-28(38)33-17-22(18-33)41-15-7-13-32(24-11-10-21(30)16-25(24)34(39)40)14-12-23(26(35)36)31-27(37)42-19-20-8-5-4-6-9-20/h4-6,8-11,16,22-23H,7,12-15,17-19H2,1-3H3,(H,31,37)(H,35,36). The molecular weight excluding hydrogens is 628 g/mol. The molecule has 1 saturated heterocycles. The smallest absolute Gasteiger partial charge is 0.410 e. The number of hydrogen-bond donors (Lipinski definition) is 2. The topological polar surface area (TPSA) is 161 Å². The molecule has 2 aromatic carbocycles. The highest BCUT2D eigenvalue weighted by atomic mass is 79.9. The van der Waals surface area contributed by atoms with Gasteiger partial charge in [-0.05, 0) is 51.3 Å². The summed E-state index contributed by atoms with van der Waals surface area (Å²) in [5.74, 6) is -1.26. The first-order valence-electron chi connectivity index (χ1n) is 13.8. The van der Waals surface area contributed by atoms with Crippen molar-refractivity contribution >= 4 is 45.5 Å². The molecule has 2 N–H and O–H groups in total. The van der Waals surface area contributed by atoms with Gasteiger partial charge in [0.25, 0.3) is 5.69 Å². The third-order valence-electron chi connectivity index (χ3n) is 6.39. The normalized spacial score (nSPS) is 13.9. The maximum Gasteiger partial charge on any atom is 0.410 e. The van der Waals surface area contributed by atoms with Crippen LogP contribution in [0.25, 0.3) is 0 Å². The summed E-state index contributed by atoms with van der Waals surface area (Å²) >= 11 is 3.26. The summed E-state index contributed by atoms with van der Waals surface area (Å²) in [6.07, 6.45) is -0.999. The monoisotopic (exact) mass is 664 g/mol. The van der Waals surface area contributed by atoms with E-state index >= 15 is 0 Å². The quantitative estimate of drug-likeness (QED) is 0.160. The molecule has 43 heavy (non-hydrogen) atoms. The van der Waals surface area contributed by atoms with Gasteiger partial charge in [0.15, 0.2) is 0 Å². The summed E-state index contributed by atoms with van der Waals surface area (Å²) < 4.78 is 16.9. The van der Waals surface area contributed by atoms with E-state index in [2.05, 4.69) is 21.2 Å². The number of carboxylic acid groups (broad SMARTS) is 1. The zero-order valence-corrected chi connectivity index (χ0v) is 25.9. The fourth-order valence-corrected chi connectivity index (χ4v) is 4.59. The number of ether oxygens (including phenoxy) is 3. The Balaban J connectivity index is 1.57. The maximum atomic E-state index is 12.3. The number of benzene rings is 2. The zero-order chi connectivity index (χ0) is 31.6. The van der Waals surface area contributed by atoms with Gasteiger partial charge in [0.1, 0.15) is 23.9 Å². The van der Waals surface area contributed by atoms with Crippen molar-refractivity contribution in [3.05, 3.63) is 68.7 Å². The van der Waals surface area contributed by atoms with E-state index in [1.54, 1.807) is 67.0 Å². The molecule has 13 nitrogen and oxygen atoms in total. The van der Waals surface area contributed by atoms with Crippen molar-refractivity contribution in [2.45, 2.75) is 58.0 Å². The SMILES string of the molecule is CC(C)(C)OC(=O)N1CC(OCCCN(CCC(NC(=O)OCc2ccccc2)C(=O)O)c2ccc(Br)cc2[N+](=O)[O-])C1. The molecule has 1 heterocycles. The van der Waals surface area contributed by atoms with Crippen molar-refractivity contribution in [3.63, 3.8) is 0 Å². The van der Waals surface area contributed by atoms with Crippen LogP contribution >= 0.6 is 15.9 Å². The van der Waals surface area contributed by atoms with E-state index in [0.29, 0.717) is 42.8 Å². The lowest BCUT2D eigenvalue weighted by Gasteiger charge is -2.39. The third-order valence-corrected chi connectivity index (χ3v) is 6.88. The summed E-state index contributed by atoms with van der Waals surface area (Å²) in [6, 6.07) is 12.3. The van der Waals surface area contributed by atoms with Gasteiger partial charge in [0.05, 0.1) is 24.1 Å². The number of carbonyl (C=O) groups excluding carboxylic acids is 2. The molecule has 0 aromatic heterocycles. The van der Waals surface area contributed by atoms with E-state index < -0.39 is 34.7 Å². The van der Waals surface area contributed by atoms with E-state index in [-0.39, 0.29) is 31.4 Å². The lowest BCUT2D eigenvalue weighted by atomic mass is 10.1. The minimum atomic E-state index is -1.29. The highest BCUT2D eigenvalue weighted by molar-refractivity contribution is 9.10. The number of carbonyl (C=O) groups is 3. The average Bonchev–Trinajstić information content (AvgIpc) is 2.91. The molecule has 2 amide bonds. The van der Waals surface area contributed by atoms with E-state index in [9.17, 15) is 29.6 Å². The molecule has 14 heteroatoms. The second-order valence-corrected chi connectivity index (χ2v) is 11.9. The molecule has 0 spiro atoms. The van der Waals surface area contributed by atoms with E-state index in [1.807, 2.05) is 6.07 Å².